The van der Waals surface area contributed by atoms with Gasteiger partial charge in [-0.3, -0.25) is 0 Å². The zero-order valence-electron chi connectivity index (χ0n) is 12.5. The molecule has 0 saturated heterocycles. The molecule has 5 heteroatoms. The van der Waals surface area contributed by atoms with Gasteiger partial charge in [0.1, 0.15) is 0 Å². The van der Waals surface area contributed by atoms with E-state index in [1.165, 1.54) is 11.4 Å². The van der Waals surface area contributed by atoms with Crippen molar-refractivity contribution in [1.29, 1.82) is 0 Å². The summed E-state index contributed by atoms with van der Waals surface area (Å²) in [7, 11) is -2.03. The third-order valence-electron chi connectivity index (χ3n) is 3.04. The summed E-state index contributed by atoms with van der Waals surface area (Å²) in [5.41, 5.74) is 2.05. The van der Waals surface area contributed by atoms with E-state index in [1.807, 2.05) is 13.0 Å². The van der Waals surface area contributed by atoms with Crippen molar-refractivity contribution in [2.24, 2.45) is 0 Å². The summed E-state index contributed by atoms with van der Waals surface area (Å²) in [6, 6.07) is 5.51. The van der Waals surface area contributed by atoms with Gasteiger partial charge in [0.2, 0.25) is 10.0 Å². The average molecular weight is 294 g/mol. The molecule has 1 aromatic rings. The van der Waals surface area contributed by atoms with Gasteiger partial charge in [-0.1, -0.05) is 25.8 Å². The Hall–Kier alpha value is -1.35. The van der Waals surface area contributed by atoms with Gasteiger partial charge in [-0.05, 0) is 30.2 Å². The van der Waals surface area contributed by atoms with Crippen LogP contribution >= 0.6 is 0 Å². The second kappa shape index (κ2) is 6.89. The SMILES string of the molecule is C#CCN(C)S(=O)(=O)c1ccc(C)c(CNC(C)C)c1. The standard InChI is InChI=1S/C15H22N2O2S/c1-6-9-17(5)20(18,19)15-8-7-13(4)14(10-15)11-16-12(2)3/h1,7-8,10,12,16H,9,11H2,2-5H3. The summed E-state index contributed by atoms with van der Waals surface area (Å²) in [6.45, 7) is 6.79. The highest BCUT2D eigenvalue weighted by Gasteiger charge is 2.20. The molecular formula is C15H22N2O2S. The smallest absolute Gasteiger partial charge is 0.243 e. The zero-order chi connectivity index (χ0) is 15.3. The molecular weight excluding hydrogens is 272 g/mol. The molecule has 0 heterocycles. The highest BCUT2D eigenvalue weighted by molar-refractivity contribution is 7.89. The summed E-state index contributed by atoms with van der Waals surface area (Å²) < 4.78 is 25.8. The van der Waals surface area contributed by atoms with Gasteiger partial charge in [-0.2, -0.15) is 4.31 Å². The van der Waals surface area contributed by atoms with Crippen molar-refractivity contribution in [3.63, 3.8) is 0 Å². The van der Waals surface area contributed by atoms with Gasteiger partial charge in [0.05, 0.1) is 11.4 Å². The highest BCUT2D eigenvalue weighted by Crippen LogP contribution is 2.18. The summed E-state index contributed by atoms with van der Waals surface area (Å²) in [4.78, 5) is 0.279. The van der Waals surface area contributed by atoms with E-state index >= 15 is 0 Å². The molecule has 20 heavy (non-hydrogen) atoms. The van der Waals surface area contributed by atoms with Crippen LogP contribution in [0.1, 0.15) is 25.0 Å². The minimum absolute atomic E-state index is 0.0653. The van der Waals surface area contributed by atoms with Crippen LogP contribution in [0.4, 0.5) is 0 Å². The third kappa shape index (κ3) is 4.07. The first-order valence-electron chi connectivity index (χ1n) is 6.51. The molecule has 0 aliphatic carbocycles. The maximum atomic E-state index is 12.3. The van der Waals surface area contributed by atoms with Crippen LogP contribution in [0.3, 0.4) is 0 Å². The number of terminal acetylenes is 1. The Morgan fingerprint density at radius 2 is 2.05 bits per heavy atom. The maximum Gasteiger partial charge on any atom is 0.243 e. The van der Waals surface area contributed by atoms with Gasteiger partial charge < -0.3 is 5.32 Å². The second-order valence-electron chi connectivity index (χ2n) is 5.09. The van der Waals surface area contributed by atoms with Crippen molar-refractivity contribution in [3.8, 4) is 12.3 Å². The molecule has 0 atom stereocenters. The molecule has 0 fully saturated rings. The Bertz CT molecular complexity index is 601. The van der Waals surface area contributed by atoms with Crippen LogP contribution in [0.25, 0.3) is 0 Å². The lowest BCUT2D eigenvalue weighted by Gasteiger charge is -2.16. The second-order valence-corrected chi connectivity index (χ2v) is 7.13. The van der Waals surface area contributed by atoms with Gasteiger partial charge in [0.15, 0.2) is 0 Å². The molecule has 1 rings (SSSR count). The van der Waals surface area contributed by atoms with Crippen molar-refractivity contribution >= 4 is 10.0 Å². The maximum absolute atomic E-state index is 12.3. The predicted octanol–water partition coefficient (Wildman–Crippen LogP) is 1.75. The number of nitrogens with zero attached hydrogens (tertiary/aromatic N) is 1. The summed E-state index contributed by atoms with van der Waals surface area (Å²) in [5, 5.41) is 3.29. The lowest BCUT2D eigenvalue weighted by molar-refractivity contribution is 0.502. The van der Waals surface area contributed by atoms with Gasteiger partial charge in [-0.25, -0.2) is 8.42 Å². The topological polar surface area (TPSA) is 49.4 Å². The summed E-state index contributed by atoms with van der Waals surface area (Å²) >= 11 is 0. The van der Waals surface area contributed by atoms with E-state index < -0.39 is 10.0 Å². The number of rotatable bonds is 6. The molecule has 0 aromatic heterocycles. The lowest BCUT2D eigenvalue weighted by atomic mass is 10.1. The van der Waals surface area contributed by atoms with Crippen LogP contribution in [-0.2, 0) is 16.6 Å². The fourth-order valence-electron chi connectivity index (χ4n) is 1.71. The monoisotopic (exact) mass is 294 g/mol. The van der Waals surface area contributed by atoms with Crippen LogP contribution in [0.2, 0.25) is 0 Å². The fraction of sp³-hybridized carbons (Fsp3) is 0.467. The highest BCUT2D eigenvalue weighted by atomic mass is 32.2. The molecule has 0 aliphatic heterocycles. The van der Waals surface area contributed by atoms with E-state index in [0.717, 1.165) is 11.1 Å². The van der Waals surface area contributed by atoms with Crippen LogP contribution in [0.15, 0.2) is 23.1 Å². The Labute approximate surface area is 122 Å². The Balaban J connectivity index is 3.09. The predicted molar refractivity (Wildman–Crippen MR) is 81.8 cm³/mol. The van der Waals surface area contributed by atoms with E-state index in [4.69, 9.17) is 6.42 Å². The number of aryl methyl sites for hydroxylation is 1. The Morgan fingerprint density at radius 1 is 1.40 bits per heavy atom. The largest absolute Gasteiger partial charge is 0.310 e. The first-order chi connectivity index (χ1) is 9.28. The first kappa shape index (κ1) is 16.7. The number of hydrogen-bond acceptors (Lipinski definition) is 3. The molecule has 0 spiro atoms. The molecule has 0 aliphatic rings. The van der Waals surface area contributed by atoms with Gasteiger partial charge >= 0.3 is 0 Å². The zero-order valence-corrected chi connectivity index (χ0v) is 13.3. The van der Waals surface area contributed by atoms with Crippen LogP contribution in [0, 0.1) is 19.3 Å². The average Bonchev–Trinajstić information content (AvgIpc) is 2.37. The van der Waals surface area contributed by atoms with E-state index in [9.17, 15) is 8.42 Å². The van der Waals surface area contributed by atoms with Crippen molar-refractivity contribution in [2.75, 3.05) is 13.6 Å². The van der Waals surface area contributed by atoms with E-state index in [0.29, 0.717) is 12.6 Å². The molecule has 0 radical (unpaired) electrons. The molecule has 110 valence electrons. The van der Waals surface area contributed by atoms with E-state index in [1.54, 1.807) is 12.1 Å². The summed E-state index contributed by atoms with van der Waals surface area (Å²) in [5.74, 6) is 2.34. The quantitative estimate of drug-likeness (QED) is 0.813. The number of hydrogen-bond donors (Lipinski definition) is 1. The summed E-state index contributed by atoms with van der Waals surface area (Å²) in [6.07, 6.45) is 5.17. The Morgan fingerprint density at radius 3 is 2.60 bits per heavy atom. The third-order valence-corrected chi connectivity index (χ3v) is 4.84. The molecule has 1 N–H and O–H groups in total. The van der Waals surface area contributed by atoms with Crippen LogP contribution in [-0.4, -0.2) is 32.4 Å². The number of sulfonamides is 1. The van der Waals surface area contributed by atoms with E-state index in [-0.39, 0.29) is 11.4 Å². The van der Waals surface area contributed by atoms with Gasteiger partial charge in [0, 0.05) is 19.6 Å². The first-order valence-corrected chi connectivity index (χ1v) is 7.95. The Kier molecular flexibility index (Phi) is 5.75. The minimum Gasteiger partial charge on any atom is -0.310 e. The minimum atomic E-state index is -3.52. The molecule has 0 unspecified atom stereocenters. The molecule has 0 bridgehead atoms. The van der Waals surface area contributed by atoms with Crippen molar-refractivity contribution < 1.29 is 8.42 Å². The van der Waals surface area contributed by atoms with Gasteiger partial charge in [-0.15, -0.1) is 6.42 Å². The van der Waals surface area contributed by atoms with E-state index in [2.05, 4.69) is 25.1 Å². The van der Waals surface area contributed by atoms with Gasteiger partial charge in [0.25, 0.3) is 0 Å². The molecule has 1 aromatic carbocycles. The number of nitrogens with one attached hydrogen (secondary N) is 1. The van der Waals surface area contributed by atoms with Crippen molar-refractivity contribution in [2.45, 2.75) is 38.3 Å². The normalized spacial score (nSPS) is 11.8. The lowest BCUT2D eigenvalue weighted by Crippen LogP contribution is -2.27. The molecule has 0 saturated carbocycles. The van der Waals surface area contributed by atoms with Crippen molar-refractivity contribution in [1.82, 2.24) is 9.62 Å². The van der Waals surface area contributed by atoms with Crippen LogP contribution in [0.5, 0.6) is 0 Å². The molecule has 4 nitrogen and oxygen atoms in total. The molecule has 0 amide bonds. The van der Waals surface area contributed by atoms with Crippen LogP contribution < -0.4 is 5.32 Å². The fourth-order valence-corrected chi connectivity index (χ4v) is 2.84. The van der Waals surface area contributed by atoms with Crippen molar-refractivity contribution in [3.05, 3.63) is 29.3 Å². The number of benzene rings is 1.